The number of pyridine rings is 1. The van der Waals surface area contributed by atoms with E-state index in [1.807, 2.05) is 30.3 Å². The predicted octanol–water partition coefficient (Wildman–Crippen LogP) is 4.45. The van der Waals surface area contributed by atoms with Gasteiger partial charge in [0.1, 0.15) is 18.1 Å². The van der Waals surface area contributed by atoms with Crippen molar-refractivity contribution in [1.29, 1.82) is 0 Å². The molecule has 0 fully saturated rings. The third-order valence-electron chi connectivity index (χ3n) is 5.30. The summed E-state index contributed by atoms with van der Waals surface area (Å²) in [5.74, 6) is -1.61. The van der Waals surface area contributed by atoms with E-state index in [2.05, 4.69) is 10.3 Å². The van der Waals surface area contributed by atoms with E-state index in [4.69, 9.17) is 9.84 Å². The molecule has 0 saturated carbocycles. The third kappa shape index (κ3) is 5.36. The van der Waals surface area contributed by atoms with Crippen molar-refractivity contribution in [3.63, 3.8) is 0 Å². The lowest BCUT2D eigenvalue weighted by molar-refractivity contribution is 0.194. The molecule has 36 heavy (non-hydrogen) atoms. The minimum atomic E-state index is -4.37. The van der Waals surface area contributed by atoms with E-state index in [-0.39, 0.29) is 35.6 Å². The van der Waals surface area contributed by atoms with Crippen LogP contribution in [0.5, 0.6) is 5.75 Å². The van der Waals surface area contributed by atoms with Crippen LogP contribution in [0.15, 0.2) is 84.0 Å². The highest BCUT2D eigenvalue weighted by molar-refractivity contribution is 7.90. The number of nitrogens with one attached hydrogen (secondary N) is 1. The van der Waals surface area contributed by atoms with E-state index in [0.717, 1.165) is 18.0 Å². The molecule has 11 heteroatoms. The Morgan fingerprint density at radius 2 is 1.75 bits per heavy atom. The van der Waals surface area contributed by atoms with Gasteiger partial charge in [0.25, 0.3) is 10.0 Å². The summed E-state index contributed by atoms with van der Waals surface area (Å²) >= 11 is 0. The molecule has 4 rings (SSSR count). The zero-order valence-electron chi connectivity index (χ0n) is 18.8. The summed E-state index contributed by atoms with van der Waals surface area (Å²) in [6, 6.07) is 17.5. The lowest BCUT2D eigenvalue weighted by Crippen LogP contribution is -2.23. The molecule has 2 heterocycles. The number of nitrogens with zero attached hydrogens (tertiary/aromatic N) is 2. The molecular weight excluding hydrogens is 492 g/mol. The Hall–Kier alpha value is -4.25. The number of rotatable bonds is 9. The number of benzene rings is 2. The second kappa shape index (κ2) is 10.6. The molecule has 1 amide bonds. The highest BCUT2D eigenvalue weighted by Gasteiger charge is 2.28. The first kappa shape index (κ1) is 24.9. The van der Waals surface area contributed by atoms with E-state index < -0.39 is 33.6 Å². The molecular formula is C25H21F2N3O5S. The molecule has 186 valence electrons. The predicted molar refractivity (Wildman–Crippen MR) is 127 cm³/mol. The highest BCUT2D eigenvalue weighted by atomic mass is 32.2. The molecule has 2 N–H and O–H groups in total. The van der Waals surface area contributed by atoms with Crippen LogP contribution in [-0.4, -0.2) is 35.1 Å². The van der Waals surface area contributed by atoms with E-state index in [1.54, 1.807) is 0 Å². The SMILES string of the molecule is O=C(O)NCCc1cn(S(=O)(=O)c2ccc(OCc3ccccc3)cc2)c(-c2cccnc2F)c1F. The van der Waals surface area contributed by atoms with Crippen molar-refractivity contribution >= 4 is 16.1 Å². The Morgan fingerprint density at radius 1 is 1.03 bits per heavy atom. The second-order valence-electron chi connectivity index (χ2n) is 7.69. The van der Waals surface area contributed by atoms with Crippen molar-refractivity contribution in [2.45, 2.75) is 17.9 Å². The van der Waals surface area contributed by atoms with Crippen molar-refractivity contribution in [2.24, 2.45) is 0 Å². The number of carboxylic acid groups (broad SMARTS) is 1. The molecule has 0 aliphatic rings. The van der Waals surface area contributed by atoms with Crippen molar-refractivity contribution < 1.29 is 31.8 Å². The molecule has 0 atom stereocenters. The molecule has 0 unspecified atom stereocenters. The maximum absolute atomic E-state index is 15.4. The quantitative estimate of drug-likeness (QED) is 0.320. The summed E-state index contributed by atoms with van der Waals surface area (Å²) in [5.41, 5.74) is -0.0485. The van der Waals surface area contributed by atoms with Crippen molar-refractivity contribution in [1.82, 2.24) is 14.3 Å². The van der Waals surface area contributed by atoms with Crippen LogP contribution in [0.3, 0.4) is 0 Å². The largest absolute Gasteiger partial charge is 0.489 e. The Labute approximate surface area is 205 Å². The maximum Gasteiger partial charge on any atom is 0.404 e. The van der Waals surface area contributed by atoms with Crippen LogP contribution in [0.1, 0.15) is 11.1 Å². The molecule has 0 aliphatic heterocycles. The van der Waals surface area contributed by atoms with Crippen LogP contribution in [0.4, 0.5) is 13.6 Å². The third-order valence-corrected chi connectivity index (χ3v) is 6.97. The van der Waals surface area contributed by atoms with Gasteiger partial charge in [-0.2, -0.15) is 4.39 Å². The van der Waals surface area contributed by atoms with Gasteiger partial charge in [-0.15, -0.1) is 0 Å². The molecule has 0 bridgehead atoms. The molecule has 2 aromatic heterocycles. The van der Waals surface area contributed by atoms with Gasteiger partial charge in [0.15, 0.2) is 5.82 Å². The number of hydrogen-bond donors (Lipinski definition) is 2. The Bertz CT molecular complexity index is 1470. The Morgan fingerprint density at radius 3 is 2.42 bits per heavy atom. The number of ether oxygens (including phenoxy) is 1. The van der Waals surface area contributed by atoms with Crippen LogP contribution in [0, 0.1) is 11.8 Å². The number of hydrogen-bond acceptors (Lipinski definition) is 5. The van der Waals surface area contributed by atoms with Crippen molar-refractivity contribution in [3.05, 3.63) is 102 Å². The minimum absolute atomic E-state index is 0.103. The first-order chi connectivity index (χ1) is 17.3. The summed E-state index contributed by atoms with van der Waals surface area (Å²) in [4.78, 5) is 14.1. The maximum atomic E-state index is 15.4. The van der Waals surface area contributed by atoms with Crippen LogP contribution in [-0.2, 0) is 23.1 Å². The summed E-state index contributed by atoms with van der Waals surface area (Å²) < 4.78 is 63.2. The summed E-state index contributed by atoms with van der Waals surface area (Å²) in [7, 11) is -4.37. The average Bonchev–Trinajstić information content (AvgIpc) is 3.20. The number of carbonyl (C=O) groups is 1. The van der Waals surface area contributed by atoms with E-state index in [0.29, 0.717) is 9.72 Å². The lowest BCUT2D eigenvalue weighted by atomic mass is 10.1. The average molecular weight is 514 g/mol. The normalized spacial score (nSPS) is 11.3. The monoisotopic (exact) mass is 513 g/mol. The first-order valence-electron chi connectivity index (χ1n) is 10.8. The van der Waals surface area contributed by atoms with Gasteiger partial charge in [-0.1, -0.05) is 30.3 Å². The molecule has 8 nitrogen and oxygen atoms in total. The number of aromatic nitrogens is 2. The van der Waals surface area contributed by atoms with Crippen LogP contribution < -0.4 is 10.1 Å². The smallest absolute Gasteiger partial charge is 0.404 e. The summed E-state index contributed by atoms with van der Waals surface area (Å²) in [6.07, 6.45) is 0.720. The zero-order valence-corrected chi connectivity index (χ0v) is 19.6. The fraction of sp³-hybridized carbons (Fsp3) is 0.120. The van der Waals surface area contributed by atoms with Crippen LogP contribution >= 0.6 is 0 Å². The Kier molecular flexibility index (Phi) is 7.30. The lowest BCUT2D eigenvalue weighted by Gasteiger charge is -2.12. The minimum Gasteiger partial charge on any atom is -0.489 e. The van der Waals surface area contributed by atoms with Gasteiger partial charge in [0.05, 0.1) is 10.5 Å². The van der Waals surface area contributed by atoms with Gasteiger partial charge in [0.2, 0.25) is 5.95 Å². The van der Waals surface area contributed by atoms with Crippen LogP contribution in [0.2, 0.25) is 0 Å². The van der Waals surface area contributed by atoms with Gasteiger partial charge in [0, 0.05) is 24.5 Å². The fourth-order valence-corrected chi connectivity index (χ4v) is 4.93. The Balaban J connectivity index is 1.68. The van der Waals surface area contributed by atoms with Crippen molar-refractivity contribution in [2.75, 3.05) is 6.54 Å². The van der Waals surface area contributed by atoms with Gasteiger partial charge < -0.3 is 15.2 Å². The molecule has 4 aromatic rings. The number of halogens is 2. The summed E-state index contributed by atoms with van der Waals surface area (Å²) in [5, 5.41) is 10.9. The standard InChI is InChI=1S/C25H21F2N3O5S/c26-22-18(12-14-29-25(31)32)15-30(23(22)21-7-4-13-28-24(21)27)36(33,34)20-10-8-19(9-11-20)35-16-17-5-2-1-3-6-17/h1-11,13,15,29H,12,14,16H2,(H,31,32). The molecule has 2 aromatic carbocycles. The zero-order chi connectivity index (χ0) is 25.7. The molecule has 0 spiro atoms. The number of amides is 1. The van der Waals surface area contributed by atoms with Gasteiger partial charge >= 0.3 is 6.09 Å². The van der Waals surface area contributed by atoms with Crippen molar-refractivity contribution in [3.8, 4) is 17.0 Å². The second-order valence-corrected chi connectivity index (χ2v) is 9.50. The summed E-state index contributed by atoms with van der Waals surface area (Å²) in [6.45, 7) is 0.118. The highest BCUT2D eigenvalue weighted by Crippen LogP contribution is 2.32. The first-order valence-corrected chi connectivity index (χ1v) is 12.2. The topological polar surface area (TPSA) is 111 Å². The fourth-order valence-electron chi connectivity index (χ4n) is 3.54. The molecule has 0 radical (unpaired) electrons. The van der Waals surface area contributed by atoms with Gasteiger partial charge in [-0.05, 0) is 48.4 Å². The van der Waals surface area contributed by atoms with E-state index in [9.17, 15) is 17.6 Å². The van der Waals surface area contributed by atoms with Gasteiger partial charge in [-0.25, -0.2) is 26.6 Å². The van der Waals surface area contributed by atoms with Gasteiger partial charge in [-0.3, -0.25) is 0 Å². The van der Waals surface area contributed by atoms with Crippen LogP contribution in [0.25, 0.3) is 11.3 Å². The molecule has 0 saturated heterocycles. The molecule has 0 aliphatic carbocycles. The van der Waals surface area contributed by atoms with E-state index in [1.165, 1.54) is 36.4 Å². The van der Waals surface area contributed by atoms with E-state index >= 15 is 4.39 Å².